The molecular weight excluding hydrogens is 290 g/mol. The molecule has 6 nitrogen and oxygen atoms in total. The van der Waals surface area contributed by atoms with Gasteiger partial charge in [-0.3, -0.25) is 14.9 Å². The summed E-state index contributed by atoms with van der Waals surface area (Å²) in [6, 6.07) is 4.51. The number of hydrogen-bond donors (Lipinski definition) is 2. The Bertz CT molecular complexity index is 550. The molecule has 0 aliphatic heterocycles. The third-order valence-corrected chi connectivity index (χ3v) is 4.85. The summed E-state index contributed by atoms with van der Waals surface area (Å²) >= 11 is 1.90. The van der Waals surface area contributed by atoms with Crippen LogP contribution in [0, 0.1) is 10.1 Å². The van der Waals surface area contributed by atoms with Crippen LogP contribution in [0.15, 0.2) is 18.2 Å². The summed E-state index contributed by atoms with van der Waals surface area (Å²) in [5.41, 5.74) is 5.34. The van der Waals surface area contributed by atoms with Crippen molar-refractivity contribution in [1.82, 2.24) is 5.32 Å². The lowest BCUT2D eigenvalue weighted by Gasteiger charge is -2.13. The van der Waals surface area contributed by atoms with E-state index in [1.165, 1.54) is 12.1 Å². The van der Waals surface area contributed by atoms with Crippen molar-refractivity contribution in [2.24, 2.45) is 0 Å². The molecule has 1 aromatic carbocycles. The van der Waals surface area contributed by atoms with Crippen molar-refractivity contribution >= 4 is 29.0 Å². The third-order valence-electron chi connectivity index (χ3n) is 3.62. The zero-order chi connectivity index (χ0) is 15.4. The maximum Gasteiger partial charge on any atom is 0.304 e. The minimum Gasteiger partial charge on any atom is -0.393 e. The molecule has 1 fully saturated rings. The summed E-state index contributed by atoms with van der Waals surface area (Å²) < 4.78 is 0. The monoisotopic (exact) mass is 309 g/mol. The average Bonchev–Trinajstić information content (AvgIpc) is 2.85. The number of nitro benzene ring substituents is 1. The average molecular weight is 309 g/mol. The molecule has 7 heteroatoms. The number of para-hydroxylation sites is 1. The van der Waals surface area contributed by atoms with Crippen molar-refractivity contribution in [3.8, 4) is 0 Å². The lowest BCUT2D eigenvalue weighted by Crippen LogP contribution is -2.33. The molecule has 2 atom stereocenters. The molecule has 1 amide bonds. The van der Waals surface area contributed by atoms with Gasteiger partial charge in [-0.2, -0.15) is 11.8 Å². The van der Waals surface area contributed by atoms with Crippen LogP contribution in [-0.2, 0) is 0 Å². The van der Waals surface area contributed by atoms with Crippen LogP contribution >= 0.6 is 11.8 Å². The molecular formula is C14H19N3O3S. The molecule has 114 valence electrons. The molecule has 1 aliphatic rings. The first-order valence-corrected chi connectivity index (χ1v) is 8.03. The number of carbonyl (C=O) groups is 1. The maximum absolute atomic E-state index is 12.3. The number of thioether (sulfide) groups is 1. The summed E-state index contributed by atoms with van der Waals surface area (Å²) in [5.74, 6) is 0.646. The number of carbonyl (C=O) groups excluding carboxylic acids is 1. The Balaban J connectivity index is 2.08. The van der Waals surface area contributed by atoms with E-state index in [0.717, 1.165) is 25.0 Å². The standard InChI is InChI=1S/C14H19N3O3S/c1-2-21-10-7-6-9(8-10)16-14(18)11-4-3-5-12(15)13(11)17(19)20/h3-5,9-10H,2,6-8,15H2,1H3,(H,16,18). The van der Waals surface area contributed by atoms with Crippen LogP contribution in [0.5, 0.6) is 0 Å². The van der Waals surface area contributed by atoms with Crippen molar-refractivity contribution in [1.29, 1.82) is 0 Å². The van der Waals surface area contributed by atoms with Gasteiger partial charge in [0.15, 0.2) is 0 Å². The predicted octanol–water partition coefficient (Wildman–Crippen LogP) is 2.58. The molecule has 0 heterocycles. The van der Waals surface area contributed by atoms with Crippen LogP contribution in [0.2, 0.25) is 0 Å². The highest BCUT2D eigenvalue weighted by Crippen LogP contribution is 2.31. The number of nitrogen functional groups attached to an aromatic ring is 1. The number of amides is 1. The third kappa shape index (κ3) is 3.66. The molecule has 0 spiro atoms. The van der Waals surface area contributed by atoms with E-state index in [9.17, 15) is 14.9 Å². The smallest absolute Gasteiger partial charge is 0.304 e. The van der Waals surface area contributed by atoms with E-state index < -0.39 is 10.8 Å². The van der Waals surface area contributed by atoms with Gasteiger partial charge in [0.25, 0.3) is 5.91 Å². The van der Waals surface area contributed by atoms with Gasteiger partial charge >= 0.3 is 5.69 Å². The Labute approximate surface area is 127 Å². The van der Waals surface area contributed by atoms with Crippen molar-refractivity contribution in [3.05, 3.63) is 33.9 Å². The van der Waals surface area contributed by atoms with E-state index in [-0.39, 0.29) is 23.0 Å². The first kappa shape index (κ1) is 15.6. The van der Waals surface area contributed by atoms with Gasteiger partial charge in [-0.25, -0.2) is 0 Å². The van der Waals surface area contributed by atoms with Crippen LogP contribution in [0.1, 0.15) is 36.5 Å². The molecule has 2 rings (SSSR count). The fourth-order valence-corrected chi connectivity index (χ4v) is 3.81. The molecule has 21 heavy (non-hydrogen) atoms. The second kappa shape index (κ2) is 6.80. The molecule has 3 N–H and O–H groups in total. The van der Waals surface area contributed by atoms with E-state index >= 15 is 0 Å². The minimum atomic E-state index is -0.603. The van der Waals surface area contributed by atoms with E-state index in [4.69, 9.17) is 5.73 Å². The Morgan fingerprint density at radius 1 is 1.52 bits per heavy atom. The van der Waals surface area contributed by atoms with Crippen molar-refractivity contribution in [2.75, 3.05) is 11.5 Å². The van der Waals surface area contributed by atoms with E-state index in [0.29, 0.717) is 5.25 Å². The second-order valence-electron chi connectivity index (χ2n) is 5.06. The lowest BCUT2D eigenvalue weighted by molar-refractivity contribution is -0.384. The van der Waals surface area contributed by atoms with Crippen LogP contribution < -0.4 is 11.1 Å². The fraction of sp³-hybridized carbons (Fsp3) is 0.500. The molecule has 0 radical (unpaired) electrons. The topological polar surface area (TPSA) is 98.3 Å². The lowest BCUT2D eigenvalue weighted by atomic mass is 10.1. The predicted molar refractivity (Wildman–Crippen MR) is 84.5 cm³/mol. The van der Waals surface area contributed by atoms with Crippen LogP contribution in [0.25, 0.3) is 0 Å². The normalized spacial score (nSPS) is 21.2. The number of rotatable bonds is 5. The number of nitro groups is 1. The number of hydrogen-bond acceptors (Lipinski definition) is 5. The number of nitrogens with zero attached hydrogens (tertiary/aromatic N) is 1. The van der Waals surface area contributed by atoms with Gasteiger partial charge in [0.1, 0.15) is 11.3 Å². The van der Waals surface area contributed by atoms with Gasteiger partial charge < -0.3 is 11.1 Å². The first-order chi connectivity index (χ1) is 10.0. The van der Waals surface area contributed by atoms with Gasteiger partial charge in [0.05, 0.1) is 4.92 Å². The zero-order valence-corrected chi connectivity index (χ0v) is 12.7. The Hall–Kier alpha value is -1.76. The molecule has 1 aliphatic carbocycles. The Morgan fingerprint density at radius 3 is 2.95 bits per heavy atom. The highest BCUT2D eigenvalue weighted by atomic mass is 32.2. The van der Waals surface area contributed by atoms with Crippen LogP contribution in [-0.4, -0.2) is 27.9 Å². The van der Waals surface area contributed by atoms with Gasteiger partial charge in [-0.15, -0.1) is 0 Å². The first-order valence-electron chi connectivity index (χ1n) is 6.98. The van der Waals surface area contributed by atoms with Crippen LogP contribution in [0.3, 0.4) is 0 Å². The number of nitrogens with one attached hydrogen (secondary N) is 1. The minimum absolute atomic E-state index is 0.0125. The van der Waals surface area contributed by atoms with Gasteiger partial charge in [-0.05, 0) is 37.1 Å². The summed E-state index contributed by atoms with van der Waals surface area (Å²) in [5, 5.41) is 14.5. The van der Waals surface area contributed by atoms with Gasteiger partial charge in [0, 0.05) is 11.3 Å². The van der Waals surface area contributed by atoms with E-state index in [1.54, 1.807) is 6.07 Å². The number of benzene rings is 1. The highest BCUT2D eigenvalue weighted by Gasteiger charge is 2.29. The maximum atomic E-state index is 12.3. The van der Waals surface area contributed by atoms with Crippen LogP contribution in [0.4, 0.5) is 11.4 Å². The largest absolute Gasteiger partial charge is 0.393 e. The summed E-state index contributed by atoms with van der Waals surface area (Å²) in [6.45, 7) is 2.12. The summed E-state index contributed by atoms with van der Waals surface area (Å²) in [7, 11) is 0. The molecule has 0 bridgehead atoms. The summed E-state index contributed by atoms with van der Waals surface area (Å²) in [6.07, 6.45) is 2.91. The van der Waals surface area contributed by atoms with Crippen molar-refractivity contribution in [3.63, 3.8) is 0 Å². The van der Waals surface area contributed by atoms with Crippen molar-refractivity contribution < 1.29 is 9.72 Å². The second-order valence-corrected chi connectivity index (χ2v) is 6.64. The molecule has 1 aromatic rings. The highest BCUT2D eigenvalue weighted by molar-refractivity contribution is 7.99. The fourth-order valence-electron chi connectivity index (χ4n) is 2.67. The number of anilines is 1. The number of nitrogens with two attached hydrogens (primary N) is 1. The molecule has 0 aromatic heterocycles. The molecule has 2 unspecified atom stereocenters. The van der Waals surface area contributed by atoms with E-state index in [2.05, 4.69) is 12.2 Å². The van der Waals surface area contributed by atoms with Crippen molar-refractivity contribution in [2.45, 2.75) is 37.5 Å². The summed E-state index contributed by atoms with van der Waals surface area (Å²) in [4.78, 5) is 22.7. The SMILES string of the molecule is CCSC1CCC(NC(=O)c2cccc(N)c2[N+](=O)[O-])C1. The van der Waals surface area contributed by atoms with E-state index in [1.807, 2.05) is 11.8 Å². The zero-order valence-electron chi connectivity index (χ0n) is 11.9. The van der Waals surface area contributed by atoms with Gasteiger partial charge in [-0.1, -0.05) is 13.0 Å². The Kier molecular flexibility index (Phi) is 5.06. The molecule has 0 saturated heterocycles. The molecule has 1 saturated carbocycles. The van der Waals surface area contributed by atoms with Gasteiger partial charge in [0.2, 0.25) is 0 Å². The quantitative estimate of drug-likeness (QED) is 0.495. The Morgan fingerprint density at radius 2 is 2.29 bits per heavy atom.